The predicted molar refractivity (Wildman–Crippen MR) is 31.3 cm³/mol. The molecule has 4 nitrogen and oxygen atoms in total. The summed E-state index contributed by atoms with van der Waals surface area (Å²) in [6, 6.07) is 0. The van der Waals surface area contributed by atoms with Crippen LogP contribution in [-0.2, 0) is 5.88 Å². The van der Waals surface area contributed by atoms with Crippen LogP contribution in [0.2, 0.25) is 0 Å². The lowest BCUT2D eigenvalue weighted by molar-refractivity contribution is 0.618. The number of tetrazole rings is 1. The van der Waals surface area contributed by atoms with Crippen molar-refractivity contribution in [1.82, 2.24) is 20.2 Å². The Labute approximate surface area is 51.3 Å². The Kier molecular flexibility index (Phi) is 1.85. The van der Waals surface area contributed by atoms with Gasteiger partial charge in [-0.3, -0.25) is 0 Å². The summed E-state index contributed by atoms with van der Waals surface area (Å²) in [5.41, 5.74) is 0. The lowest BCUT2D eigenvalue weighted by Crippen LogP contribution is -1.97. The highest BCUT2D eigenvalue weighted by Crippen LogP contribution is 1.91. The minimum Gasteiger partial charge on any atom is -0.154 e. The lowest BCUT2D eigenvalue weighted by atomic mass is 11.4. The maximum absolute atomic E-state index is 3.78. The smallest absolute Gasteiger partial charge is 0.154 e. The van der Waals surface area contributed by atoms with E-state index in [0.717, 1.165) is 5.88 Å². The highest BCUT2D eigenvalue weighted by molar-refractivity contribution is 7.97. The number of hydrogen-bond acceptors (Lipinski definition) is 4. The number of nitrogens with zero attached hydrogens (tertiary/aromatic N) is 4. The fourth-order valence-electron chi connectivity index (χ4n) is 0.363. The zero-order valence-corrected chi connectivity index (χ0v) is 5.30. The van der Waals surface area contributed by atoms with Crippen LogP contribution in [0.25, 0.3) is 0 Å². The van der Waals surface area contributed by atoms with Crippen LogP contribution in [0.3, 0.4) is 0 Å². The number of hydrogen-bond donors (Lipinski definition) is 0. The zero-order chi connectivity index (χ0) is 5.82. The summed E-state index contributed by atoms with van der Waals surface area (Å²) >= 11 is 1.66. The van der Waals surface area contributed by atoms with Crippen molar-refractivity contribution in [2.45, 2.75) is 5.88 Å². The maximum Gasteiger partial charge on any atom is 0.162 e. The molecule has 1 heterocycles. The molecule has 0 amide bonds. The molecule has 0 radical (unpaired) electrons. The third-order valence-electron chi connectivity index (χ3n) is 0.636. The molecule has 0 unspecified atom stereocenters. The largest absolute Gasteiger partial charge is 0.162 e. The van der Waals surface area contributed by atoms with E-state index in [1.165, 1.54) is 11.1 Å². The van der Waals surface area contributed by atoms with Crippen LogP contribution < -0.4 is 0 Å². The van der Waals surface area contributed by atoms with Gasteiger partial charge in [0.1, 0.15) is 5.88 Å². The summed E-state index contributed by atoms with van der Waals surface area (Å²) < 4.78 is 0. The van der Waals surface area contributed by atoms with Crippen LogP contribution >= 0.6 is 11.8 Å². The minimum absolute atomic E-state index is 0.778. The number of rotatable bonds is 2. The summed E-state index contributed by atoms with van der Waals surface area (Å²) in [6.07, 6.45) is 3.42. The molecule has 1 aromatic heterocycles. The molecule has 1 aromatic rings. The quantitative estimate of drug-likeness (QED) is 0.565. The third-order valence-corrected chi connectivity index (χ3v) is 1.13. The number of aromatic nitrogens is 4. The Morgan fingerprint density at radius 1 is 1.75 bits per heavy atom. The second-order valence-electron chi connectivity index (χ2n) is 1.23. The first kappa shape index (κ1) is 5.55. The van der Waals surface area contributed by atoms with Gasteiger partial charge in [-0.25, -0.2) is 0 Å². The molecule has 0 saturated carbocycles. The molecular weight excluding hydrogens is 124 g/mol. The van der Waals surface area contributed by atoms with Crippen LogP contribution in [0, 0.1) is 0 Å². The fourth-order valence-corrected chi connectivity index (χ4v) is 0.712. The lowest BCUT2D eigenvalue weighted by Gasteiger charge is -1.88. The van der Waals surface area contributed by atoms with Gasteiger partial charge in [0.2, 0.25) is 0 Å². The van der Waals surface area contributed by atoms with Crippen LogP contribution in [0.1, 0.15) is 0 Å². The molecule has 0 aliphatic heterocycles. The van der Waals surface area contributed by atoms with Crippen LogP contribution in [0.4, 0.5) is 0 Å². The van der Waals surface area contributed by atoms with Crippen molar-refractivity contribution in [2.24, 2.45) is 0 Å². The molecule has 0 aliphatic rings. The SMILES string of the molecule is CSCn1ncnn1. The summed E-state index contributed by atoms with van der Waals surface area (Å²) in [7, 11) is 0. The average molecular weight is 130 g/mol. The van der Waals surface area contributed by atoms with Crippen molar-refractivity contribution in [3.8, 4) is 0 Å². The second kappa shape index (κ2) is 2.66. The Hall–Kier alpha value is -0.580. The topological polar surface area (TPSA) is 43.6 Å². The molecule has 5 heteroatoms. The molecule has 0 bridgehead atoms. The molecule has 8 heavy (non-hydrogen) atoms. The van der Waals surface area contributed by atoms with Crippen molar-refractivity contribution in [2.75, 3.05) is 6.26 Å². The summed E-state index contributed by atoms with van der Waals surface area (Å²) in [5.74, 6) is 0.778. The average Bonchev–Trinajstić information content (AvgIpc) is 2.19. The van der Waals surface area contributed by atoms with E-state index in [4.69, 9.17) is 0 Å². The molecule has 0 saturated heterocycles. The van der Waals surface area contributed by atoms with Crippen LogP contribution in [0.5, 0.6) is 0 Å². The van der Waals surface area contributed by atoms with E-state index < -0.39 is 0 Å². The van der Waals surface area contributed by atoms with Gasteiger partial charge in [0.25, 0.3) is 0 Å². The molecule has 0 atom stereocenters. The standard InChI is InChI=1S/C3H6N4S/c1-8-3-7-5-2-4-6-7/h2H,3H2,1H3. The summed E-state index contributed by atoms with van der Waals surface area (Å²) in [5, 5.41) is 10.9. The van der Waals surface area contributed by atoms with Crippen molar-refractivity contribution in [1.29, 1.82) is 0 Å². The van der Waals surface area contributed by atoms with Crippen LogP contribution in [-0.4, -0.2) is 26.5 Å². The molecule has 0 N–H and O–H groups in total. The van der Waals surface area contributed by atoms with Gasteiger partial charge < -0.3 is 0 Å². The van der Waals surface area contributed by atoms with Gasteiger partial charge in [0.15, 0.2) is 6.33 Å². The Morgan fingerprint density at radius 3 is 3.12 bits per heavy atom. The number of thioether (sulfide) groups is 1. The van der Waals surface area contributed by atoms with Crippen molar-refractivity contribution in [3.63, 3.8) is 0 Å². The van der Waals surface area contributed by atoms with E-state index in [1.54, 1.807) is 11.8 Å². The maximum atomic E-state index is 3.78. The summed E-state index contributed by atoms with van der Waals surface area (Å²) in [6.45, 7) is 0. The van der Waals surface area contributed by atoms with Gasteiger partial charge in [0.05, 0.1) is 0 Å². The molecule has 0 aromatic carbocycles. The van der Waals surface area contributed by atoms with E-state index in [2.05, 4.69) is 15.4 Å². The molecule has 44 valence electrons. The third kappa shape index (κ3) is 1.19. The highest BCUT2D eigenvalue weighted by Gasteiger charge is 1.85. The van der Waals surface area contributed by atoms with E-state index in [0.29, 0.717) is 0 Å². The fraction of sp³-hybridized carbons (Fsp3) is 0.667. The Balaban J connectivity index is 2.50. The molecular formula is C3H6N4S. The van der Waals surface area contributed by atoms with Crippen LogP contribution in [0.15, 0.2) is 6.33 Å². The van der Waals surface area contributed by atoms with Gasteiger partial charge in [-0.2, -0.15) is 4.80 Å². The predicted octanol–water partition coefficient (Wildman–Crippen LogP) is -0.00640. The van der Waals surface area contributed by atoms with Crippen molar-refractivity contribution in [3.05, 3.63) is 6.33 Å². The highest BCUT2D eigenvalue weighted by atomic mass is 32.2. The van der Waals surface area contributed by atoms with Gasteiger partial charge >= 0.3 is 0 Å². The molecule has 1 rings (SSSR count). The van der Waals surface area contributed by atoms with Gasteiger partial charge in [-0.1, -0.05) is 0 Å². The second-order valence-corrected chi connectivity index (χ2v) is 2.06. The Bertz CT molecular complexity index is 137. The minimum atomic E-state index is 0.778. The first-order chi connectivity index (χ1) is 3.93. The van der Waals surface area contributed by atoms with E-state index in [1.807, 2.05) is 6.26 Å². The van der Waals surface area contributed by atoms with E-state index in [9.17, 15) is 0 Å². The molecule has 0 aliphatic carbocycles. The summed E-state index contributed by atoms with van der Waals surface area (Å²) in [4.78, 5) is 1.53. The Morgan fingerprint density at radius 2 is 2.62 bits per heavy atom. The van der Waals surface area contributed by atoms with Crippen molar-refractivity contribution < 1.29 is 0 Å². The van der Waals surface area contributed by atoms with Gasteiger partial charge in [-0.05, 0) is 11.5 Å². The van der Waals surface area contributed by atoms with E-state index >= 15 is 0 Å². The first-order valence-corrected chi connectivity index (χ1v) is 3.52. The van der Waals surface area contributed by atoms with Gasteiger partial charge in [0, 0.05) is 0 Å². The normalized spacial score (nSPS) is 9.62. The zero-order valence-electron chi connectivity index (χ0n) is 4.48. The monoisotopic (exact) mass is 130 g/mol. The molecule has 0 fully saturated rings. The molecule has 0 spiro atoms. The van der Waals surface area contributed by atoms with Gasteiger partial charge in [-0.15, -0.1) is 22.0 Å². The van der Waals surface area contributed by atoms with Crippen molar-refractivity contribution >= 4 is 11.8 Å². The van der Waals surface area contributed by atoms with E-state index in [-0.39, 0.29) is 0 Å². The first-order valence-electron chi connectivity index (χ1n) is 2.13.